The molecule has 1 atom stereocenters. The minimum absolute atomic E-state index is 0.00308. The van der Waals surface area contributed by atoms with Gasteiger partial charge in [0, 0.05) is 73.1 Å². The monoisotopic (exact) mass is 978 g/mol. The van der Waals surface area contributed by atoms with Crippen LogP contribution in [0.3, 0.4) is 0 Å². The van der Waals surface area contributed by atoms with Crippen molar-refractivity contribution in [2.45, 2.75) is 63.6 Å². The van der Waals surface area contributed by atoms with Crippen LogP contribution in [-0.2, 0) is 51.1 Å². The van der Waals surface area contributed by atoms with Gasteiger partial charge in [0.15, 0.2) is 16.7 Å². The van der Waals surface area contributed by atoms with Crippen LogP contribution in [0.5, 0.6) is 5.75 Å². The number of nitrogens with zero attached hydrogens (tertiary/aromatic N) is 3. The molecule has 7 rings (SSSR count). The minimum Gasteiger partial charge on any atom is -0.487 e. The Morgan fingerprint density at radius 2 is 1.60 bits per heavy atom. The lowest BCUT2D eigenvalue weighted by molar-refractivity contribution is -0.137. The van der Waals surface area contributed by atoms with E-state index in [-0.39, 0.29) is 66.5 Å². The van der Waals surface area contributed by atoms with Gasteiger partial charge in [0.1, 0.15) is 18.5 Å². The van der Waals surface area contributed by atoms with E-state index in [4.69, 9.17) is 40.3 Å². The molecule has 0 bridgehead atoms. The number of pyridine rings is 1. The van der Waals surface area contributed by atoms with Gasteiger partial charge in [-0.2, -0.15) is 0 Å². The topological polar surface area (TPSA) is 221 Å². The molecule has 4 aromatic rings. The zero-order chi connectivity index (χ0) is 47.7. The van der Waals surface area contributed by atoms with Crippen LogP contribution in [-0.4, -0.2) is 129 Å². The molecule has 4 heterocycles. The number of piperidine rings is 1. The fourth-order valence-electron chi connectivity index (χ4n) is 8.32. The average molecular weight is 980 g/mol. The lowest BCUT2D eigenvalue weighted by Crippen LogP contribution is -2.52. The second-order valence-electron chi connectivity index (χ2n) is 16.5. The summed E-state index contributed by atoms with van der Waals surface area (Å²) in [5.41, 5.74) is 1.51. The van der Waals surface area contributed by atoms with Crippen LogP contribution >= 0.6 is 22.9 Å². The number of hydrogen-bond donors (Lipinski definition) is 5. The maximum absolute atomic E-state index is 14.6. The fourth-order valence-corrected chi connectivity index (χ4v) is 9.02. The van der Waals surface area contributed by atoms with E-state index in [0.29, 0.717) is 121 Å². The summed E-state index contributed by atoms with van der Waals surface area (Å²) >= 11 is 7.44. The molecule has 1 aliphatic carbocycles. The van der Waals surface area contributed by atoms with E-state index in [1.165, 1.54) is 22.3 Å². The zero-order valence-electron chi connectivity index (χ0n) is 37.5. The number of nitrogens with one attached hydrogen (secondary N) is 5. The van der Waals surface area contributed by atoms with Crippen molar-refractivity contribution < 1.29 is 52.0 Å². The molecule has 1 saturated heterocycles. The fraction of sp³-hybridized carbons (Fsp3) is 0.468. The number of anilines is 3. The first-order valence-corrected chi connectivity index (χ1v) is 23.9. The molecule has 3 aliphatic rings. The molecular formula is C47H56ClFN8O10S. The maximum atomic E-state index is 14.6. The smallest absolute Gasteiger partial charge is 0.255 e. The number of aromatic nitrogens is 2. The molecule has 18 nitrogen and oxygen atoms in total. The standard InChI is InChI=1S/C47H56ClFN8O10S/c48-35-6-3-8-38(42(35)49)67-32-12-14-47(15-13-32,28-31-4-1-9-39(53-31)55-46-52-19-27-68-46)45(62)51-18-22-64-24-26-65-25-23-63-20-16-50-17-21-66-30-41(59)54-36-7-2-5-33-34(36)29-57(44(33)61)37-10-11-40(58)56-43(37)60/h1-9,19,27,32,37,50H,10-18,20-26,28-30H2,(H,51,62)(H,54,59)(H,52,53,55)(H,56,58,60). The molecule has 1 saturated carbocycles. The first-order chi connectivity index (χ1) is 33.1. The number of ether oxygens (including phenoxy) is 5. The van der Waals surface area contributed by atoms with Gasteiger partial charge >= 0.3 is 0 Å². The highest BCUT2D eigenvalue weighted by Gasteiger charge is 2.43. The third-order valence-electron chi connectivity index (χ3n) is 11.8. The van der Waals surface area contributed by atoms with Gasteiger partial charge in [-0.05, 0) is 68.5 Å². The highest BCUT2D eigenvalue weighted by Crippen LogP contribution is 2.41. The number of hydrogen-bond acceptors (Lipinski definition) is 15. The highest BCUT2D eigenvalue weighted by molar-refractivity contribution is 7.13. The summed E-state index contributed by atoms with van der Waals surface area (Å²) in [7, 11) is 0. The van der Waals surface area contributed by atoms with E-state index in [1.807, 2.05) is 23.6 Å². The molecule has 364 valence electrons. The Kier molecular flexibility index (Phi) is 18.6. The lowest BCUT2D eigenvalue weighted by atomic mass is 9.69. The van der Waals surface area contributed by atoms with Crippen LogP contribution in [0, 0.1) is 11.2 Å². The Morgan fingerprint density at radius 1 is 0.882 bits per heavy atom. The number of imide groups is 1. The normalized spacial score (nSPS) is 19.1. The summed E-state index contributed by atoms with van der Waals surface area (Å²) < 4.78 is 43.1. The zero-order valence-corrected chi connectivity index (χ0v) is 39.1. The third kappa shape index (κ3) is 14.0. The van der Waals surface area contributed by atoms with Crippen LogP contribution in [0.25, 0.3) is 0 Å². The Bertz CT molecular complexity index is 2360. The van der Waals surface area contributed by atoms with E-state index in [9.17, 15) is 28.4 Å². The largest absolute Gasteiger partial charge is 0.487 e. The van der Waals surface area contributed by atoms with Gasteiger partial charge in [-0.3, -0.25) is 29.3 Å². The molecule has 5 amide bonds. The summed E-state index contributed by atoms with van der Waals surface area (Å²) in [6, 6.07) is 14.6. The van der Waals surface area contributed by atoms with Crippen LogP contribution < -0.4 is 31.3 Å². The second kappa shape index (κ2) is 25.1. The van der Waals surface area contributed by atoms with Gasteiger partial charge in [-0.1, -0.05) is 29.8 Å². The Balaban J connectivity index is 0.720. The van der Waals surface area contributed by atoms with Crippen molar-refractivity contribution in [3.8, 4) is 5.75 Å². The summed E-state index contributed by atoms with van der Waals surface area (Å²) in [6.07, 6.45) is 4.39. The molecule has 2 aromatic heterocycles. The second-order valence-corrected chi connectivity index (χ2v) is 17.8. The summed E-state index contributed by atoms with van der Waals surface area (Å²) in [4.78, 5) is 74.0. The molecule has 1 unspecified atom stereocenters. The molecule has 2 aliphatic heterocycles. The van der Waals surface area contributed by atoms with Crippen molar-refractivity contribution >= 4 is 69.1 Å². The summed E-state index contributed by atoms with van der Waals surface area (Å²) in [5, 5.41) is 17.2. The molecule has 2 fully saturated rings. The van der Waals surface area contributed by atoms with Crippen LogP contribution in [0.1, 0.15) is 60.1 Å². The number of amides is 5. The Morgan fingerprint density at radius 3 is 2.35 bits per heavy atom. The van der Waals surface area contributed by atoms with E-state index in [1.54, 1.807) is 36.5 Å². The first-order valence-electron chi connectivity index (χ1n) is 22.7. The molecule has 0 radical (unpaired) electrons. The van der Waals surface area contributed by atoms with E-state index in [0.717, 1.165) is 10.8 Å². The van der Waals surface area contributed by atoms with E-state index >= 15 is 0 Å². The van der Waals surface area contributed by atoms with Crippen molar-refractivity contribution in [1.82, 2.24) is 30.8 Å². The van der Waals surface area contributed by atoms with Crippen molar-refractivity contribution in [3.63, 3.8) is 0 Å². The Labute approximate surface area is 402 Å². The quantitative estimate of drug-likeness (QED) is 0.0422. The third-order valence-corrected chi connectivity index (χ3v) is 12.8. The lowest BCUT2D eigenvalue weighted by Gasteiger charge is -2.39. The van der Waals surface area contributed by atoms with Gasteiger partial charge in [0.2, 0.25) is 23.6 Å². The van der Waals surface area contributed by atoms with Crippen LogP contribution in [0.4, 0.5) is 21.0 Å². The van der Waals surface area contributed by atoms with Gasteiger partial charge in [0.05, 0.1) is 62.8 Å². The first kappa shape index (κ1) is 50.3. The number of halogens is 2. The number of rotatable bonds is 26. The number of fused-ring (bicyclic) bond motifs is 1. The van der Waals surface area contributed by atoms with Gasteiger partial charge in [-0.25, -0.2) is 14.4 Å². The number of benzene rings is 2. The minimum atomic E-state index is -0.756. The molecule has 5 N–H and O–H groups in total. The van der Waals surface area contributed by atoms with Crippen molar-refractivity contribution in [3.05, 3.63) is 93.8 Å². The summed E-state index contributed by atoms with van der Waals surface area (Å²) in [6.45, 7) is 3.90. The molecule has 2 aromatic carbocycles. The molecule has 68 heavy (non-hydrogen) atoms. The predicted molar refractivity (Wildman–Crippen MR) is 250 cm³/mol. The van der Waals surface area contributed by atoms with Crippen LogP contribution in [0.2, 0.25) is 5.02 Å². The van der Waals surface area contributed by atoms with Crippen molar-refractivity contribution in [2.75, 3.05) is 83.1 Å². The summed E-state index contributed by atoms with van der Waals surface area (Å²) in [5.74, 6) is -1.49. The predicted octanol–water partition coefficient (Wildman–Crippen LogP) is 4.80. The Hall–Kier alpha value is -5.61. The average Bonchev–Trinajstić information content (AvgIpc) is 3.97. The van der Waals surface area contributed by atoms with E-state index < -0.39 is 23.2 Å². The number of carbonyl (C=O) groups is 5. The van der Waals surface area contributed by atoms with Gasteiger partial charge in [-0.15, -0.1) is 11.3 Å². The maximum Gasteiger partial charge on any atom is 0.255 e. The molecular weight excluding hydrogens is 923 g/mol. The van der Waals surface area contributed by atoms with Crippen molar-refractivity contribution in [2.24, 2.45) is 5.41 Å². The van der Waals surface area contributed by atoms with E-state index in [2.05, 4.69) is 31.6 Å². The molecule has 21 heteroatoms. The van der Waals surface area contributed by atoms with Crippen molar-refractivity contribution in [1.29, 1.82) is 0 Å². The molecule has 0 spiro atoms. The highest BCUT2D eigenvalue weighted by atomic mass is 35.5. The SMILES string of the molecule is O=C1CCC(N2Cc3c(NC(=O)COCCNCCOCCOCCOCCNC(=O)C4(Cc5cccc(Nc6nccs6)n5)CCC(Oc5cccc(Cl)c5F)CC4)cccc3C2=O)C(=O)N1. The van der Waals surface area contributed by atoms with Gasteiger partial charge in [0.25, 0.3) is 5.91 Å². The number of carbonyl (C=O) groups excluding carboxylic acids is 5. The van der Waals surface area contributed by atoms with Crippen LogP contribution in [0.15, 0.2) is 66.2 Å². The number of thiazole rings is 1. The van der Waals surface area contributed by atoms with Gasteiger partial charge < -0.3 is 49.9 Å².